The monoisotopic (exact) mass is 413 g/mol. The second-order valence-corrected chi connectivity index (χ2v) is 6.26. The summed E-state index contributed by atoms with van der Waals surface area (Å²) in [6.45, 7) is 1.32. The van der Waals surface area contributed by atoms with Crippen LogP contribution < -0.4 is 14.8 Å². The number of rotatable bonds is 6. The molecule has 0 aliphatic heterocycles. The molecule has 5 heteroatoms. The lowest BCUT2D eigenvalue weighted by atomic mass is 10.2. The molecular formula is C16H17Br2NO2. The lowest BCUT2D eigenvalue weighted by molar-refractivity contribution is 0.302. The second kappa shape index (κ2) is 7.82. The molecule has 0 heterocycles. The Balaban J connectivity index is 2.08. The van der Waals surface area contributed by atoms with E-state index in [1.165, 1.54) is 5.56 Å². The molecule has 1 N–H and O–H groups in total. The molecule has 0 aliphatic rings. The minimum atomic E-state index is 0.507. The molecule has 112 valence electrons. The average Bonchev–Trinajstić information content (AvgIpc) is 2.47. The molecule has 2 aromatic carbocycles. The highest BCUT2D eigenvalue weighted by atomic mass is 79.9. The van der Waals surface area contributed by atoms with Gasteiger partial charge in [-0.1, -0.05) is 12.1 Å². The first kappa shape index (κ1) is 16.3. The Morgan fingerprint density at radius 1 is 1.00 bits per heavy atom. The van der Waals surface area contributed by atoms with Crippen molar-refractivity contribution < 1.29 is 9.47 Å². The van der Waals surface area contributed by atoms with Gasteiger partial charge in [-0.25, -0.2) is 0 Å². The number of hydrogen-bond donors (Lipinski definition) is 1. The highest BCUT2D eigenvalue weighted by molar-refractivity contribution is 9.11. The maximum absolute atomic E-state index is 5.91. The van der Waals surface area contributed by atoms with Crippen LogP contribution in [0.4, 0.5) is 0 Å². The van der Waals surface area contributed by atoms with Gasteiger partial charge < -0.3 is 14.8 Å². The van der Waals surface area contributed by atoms with Crippen LogP contribution >= 0.6 is 31.9 Å². The first-order valence-electron chi connectivity index (χ1n) is 6.52. The van der Waals surface area contributed by atoms with Gasteiger partial charge in [-0.3, -0.25) is 0 Å². The van der Waals surface area contributed by atoms with Crippen LogP contribution in [0.3, 0.4) is 0 Å². The SMILES string of the molecule is CNCc1cc(Br)c(OCc2ccc(OC)cc2)c(Br)c1. The molecule has 21 heavy (non-hydrogen) atoms. The molecule has 3 nitrogen and oxygen atoms in total. The first-order valence-corrected chi connectivity index (χ1v) is 8.11. The van der Waals surface area contributed by atoms with Crippen LogP contribution in [-0.2, 0) is 13.2 Å². The van der Waals surface area contributed by atoms with E-state index in [-0.39, 0.29) is 0 Å². The van der Waals surface area contributed by atoms with E-state index in [1.54, 1.807) is 7.11 Å². The van der Waals surface area contributed by atoms with Gasteiger partial charge in [0.05, 0.1) is 16.1 Å². The molecule has 0 aromatic heterocycles. The molecule has 0 amide bonds. The molecule has 0 atom stereocenters. The fourth-order valence-corrected chi connectivity index (χ4v) is 3.44. The van der Waals surface area contributed by atoms with Crippen molar-refractivity contribution >= 4 is 31.9 Å². The maximum Gasteiger partial charge on any atom is 0.148 e. The minimum Gasteiger partial charge on any atom is -0.497 e. The maximum atomic E-state index is 5.91. The molecule has 0 aliphatic carbocycles. The van der Waals surface area contributed by atoms with E-state index < -0.39 is 0 Å². The van der Waals surface area contributed by atoms with Crippen molar-refractivity contribution in [3.8, 4) is 11.5 Å². The number of methoxy groups -OCH3 is 1. The molecule has 2 aromatic rings. The molecule has 2 rings (SSSR count). The van der Waals surface area contributed by atoms with Crippen LogP contribution in [-0.4, -0.2) is 14.2 Å². The van der Waals surface area contributed by atoms with Crippen LogP contribution in [0.2, 0.25) is 0 Å². The molecule has 0 radical (unpaired) electrons. The predicted molar refractivity (Wildman–Crippen MR) is 91.9 cm³/mol. The Hall–Kier alpha value is -1.04. The van der Waals surface area contributed by atoms with Gasteiger partial charge in [-0.2, -0.15) is 0 Å². The van der Waals surface area contributed by atoms with E-state index in [0.29, 0.717) is 6.61 Å². The molecular weight excluding hydrogens is 398 g/mol. The van der Waals surface area contributed by atoms with Crippen LogP contribution in [0, 0.1) is 0 Å². The van der Waals surface area contributed by atoms with E-state index in [4.69, 9.17) is 9.47 Å². The highest BCUT2D eigenvalue weighted by Crippen LogP contribution is 2.35. The molecule has 0 fully saturated rings. The van der Waals surface area contributed by atoms with E-state index in [1.807, 2.05) is 31.3 Å². The quantitative estimate of drug-likeness (QED) is 0.753. The fourth-order valence-electron chi connectivity index (χ4n) is 1.93. The van der Waals surface area contributed by atoms with Crippen molar-refractivity contribution in [1.82, 2.24) is 5.32 Å². The smallest absolute Gasteiger partial charge is 0.148 e. The largest absolute Gasteiger partial charge is 0.497 e. The molecule has 0 unspecified atom stereocenters. The van der Waals surface area contributed by atoms with Gasteiger partial charge in [0, 0.05) is 6.54 Å². The summed E-state index contributed by atoms with van der Waals surface area (Å²) in [5.41, 5.74) is 2.28. The van der Waals surface area contributed by atoms with Crippen molar-refractivity contribution in [2.24, 2.45) is 0 Å². The third kappa shape index (κ3) is 4.46. The summed E-state index contributed by atoms with van der Waals surface area (Å²) in [4.78, 5) is 0. The Morgan fingerprint density at radius 2 is 1.62 bits per heavy atom. The zero-order valence-corrected chi connectivity index (χ0v) is 15.1. The second-order valence-electron chi connectivity index (χ2n) is 4.56. The summed E-state index contributed by atoms with van der Waals surface area (Å²) in [5.74, 6) is 1.66. The third-order valence-corrected chi connectivity index (χ3v) is 4.16. The van der Waals surface area contributed by atoms with Gasteiger partial charge in [0.2, 0.25) is 0 Å². The number of hydrogen-bond acceptors (Lipinski definition) is 3. The Bertz CT molecular complexity index is 577. The van der Waals surface area contributed by atoms with Crippen LogP contribution in [0.25, 0.3) is 0 Å². The summed E-state index contributed by atoms with van der Waals surface area (Å²) in [7, 11) is 3.59. The lowest BCUT2D eigenvalue weighted by Crippen LogP contribution is -2.05. The van der Waals surface area contributed by atoms with Gasteiger partial charge in [0.15, 0.2) is 0 Å². The Kier molecular flexibility index (Phi) is 6.08. The summed E-state index contributed by atoms with van der Waals surface area (Å²) in [5, 5.41) is 3.13. The highest BCUT2D eigenvalue weighted by Gasteiger charge is 2.09. The van der Waals surface area contributed by atoms with Crippen molar-refractivity contribution in [3.05, 3.63) is 56.5 Å². The van der Waals surface area contributed by atoms with Crippen molar-refractivity contribution in [3.63, 3.8) is 0 Å². The number of halogens is 2. The molecule has 0 saturated heterocycles. The summed E-state index contributed by atoms with van der Waals surface area (Å²) >= 11 is 7.12. The van der Waals surface area contributed by atoms with Crippen molar-refractivity contribution in [2.75, 3.05) is 14.2 Å². The van der Waals surface area contributed by atoms with Crippen LogP contribution in [0.5, 0.6) is 11.5 Å². The standard InChI is InChI=1S/C16H17Br2NO2/c1-19-9-12-7-14(17)16(15(18)8-12)21-10-11-3-5-13(20-2)6-4-11/h3-8,19H,9-10H2,1-2H3. The van der Waals surface area contributed by atoms with Gasteiger partial charge in [-0.05, 0) is 74.3 Å². The van der Waals surface area contributed by atoms with Crippen LogP contribution in [0.1, 0.15) is 11.1 Å². The molecule has 0 bridgehead atoms. The summed E-state index contributed by atoms with van der Waals surface area (Å²) < 4.78 is 12.9. The van der Waals surface area contributed by atoms with Gasteiger partial charge >= 0.3 is 0 Å². The van der Waals surface area contributed by atoms with Crippen molar-refractivity contribution in [2.45, 2.75) is 13.2 Å². The van der Waals surface area contributed by atoms with E-state index in [0.717, 1.165) is 32.6 Å². The van der Waals surface area contributed by atoms with Crippen molar-refractivity contribution in [1.29, 1.82) is 0 Å². The topological polar surface area (TPSA) is 30.5 Å². The van der Waals surface area contributed by atoms with Gasteiger partial charge in [0.1, 0.15) is 18.1 Å². The predicted octanol–water partition coefficient (Wildman–Crippen LogP) is 4.52. The van der Waals surface area contributed by atoms with Crippen LogP contribution in [0.15, 0.2) is 45.3 Å². The first-order chi connectivity index (χ1) is 10.1. The fraction of sp³-hybridized carbons (Fsp3) is 0.250. The van der Waals surface area contributed by atoms with E-state index in [9.17, 15) is 0 Å². The Morgan fingerprint density at radius 3 is 2.14 bits per heavy atom. The number of nitrogens with one attached hydrogen (secondary N) is 1. The van der Waals surface area contributed by atoms with Gasteiger partial charge in [-0.15, -0.1) is 0 Å². The summed E-state index contributed by atoms with van der Waals surface area (Å²) in [6.07, 6.45) is 0. The summed E-state index contributed by atoms with van der Waals surface area (Å²) in [6, 6.07) is 12.0. The molecule has 0 saturated carbocycles. The Labute approximate surface area is 141 Å². The third-order valence-electron chi connectivity index (χ3n) is 2.98. The lowest BCUT2D eigenvalue weighted by Gasteiger charge is -2.12. The van der Waals surface area contributed by atoms with Gasteiger partial charge in [0.25, 0.3) is 0 Å². The molecule has 0 spiro atoms. The minimum absolute atomic E-state index is 0.507. The zero-order chi connectivity index (χ0) is 15.2. The number of benzene rings is 2. The van der Waals surface area contributed by atoms with E-state index >= 15 is 0 Å². The number of ether oxygens (including phenoxy) is 2. The average molecular weight is 415 g/mol. The normalized spacial score (nSPS) is 10.5. The van der Waals surface area contributed by atoms with E-state index in [2.05, 4.69) is 49.3 Å². The zero-order valence-electron chi connectivity index (χ0n) is 12.0.